The number of rotatable bonds is 8. The fourth-order valence-corrected chi connectivity index (χ4v) is 3.07. The zero-order chi connectivity index (χ0) is 18.9. The van der Waals surface area contributed by atoms with Crippen molar-refractivity contribution in [3.8, 4) is 11.5 Å². The van der Waals surface area contributed by atoms with Gasteiger partial charge in [0.15, 0.2) is 11.5 Å². The van der Waals surface area contributed by atoms with Crippen LogP contribution in [-0.2, 0) is 4.79 Å². The van der Waals surface area contributed by atoms with Crippen LogP contribution in [0.2, 0.25) is 0 Å². The van der Waals surface area contributed by atoms with Gasteiger partial charge in [-0.05, 0) is 45.3 Å². The molecule has 2 N–H and O–H groups in total. The number of likely N-dealkylation sites (tertiary alicyclic amines) is 1. The number of nitrogens with one attached hydrogen (secondary N) is 2. The molecule has 7 heteroatoms. The number of piperidine rings is 1. The highest BCUT2D eigenvalue weighted by molar-refractivity contribution is 6.04. The summed E-state index contributed by atoms with van der Waals surface area (Å²) in [4.78, 5) is 27.1. The predicted molar refractivity (Wildman–Crippen MR) is 101 cm³/mol. The number of hydrogen-bond acceptors (Lipinski definition) is 5. The lowest BCUT2D eigenvalue weighted by Crippen LogP contribution is -2.36. The molecule has 0 atom stereocenters. The first-order valence-electron chi connectivity index (χ1n) is 9.10. The van der Waals surface area contributed by atoms with E-state index < -0.39 is 0 Å². The summed E-state index contributed by atoms with van der Waals surface area (Å²) < 4.78 is 10.7. The molecule has 1 aliphatic rings. The summed E-state index contributed by atoms with van der Waals surface area (Å²) in [6.07, 6.45) is 4.26. The van der Waals surface area contributed by atoms with Crippen LogP contribution in [-0.4, -0.2) is 57.6 Å². The van der Waals surface area contributed by atoms with Crippen LogP contribution < -0.4 is 20.1 Å². The first kappa shape index (κ1) is 20.0. The third kappa shape index (κ3) is 5.11. The molecule has 1 aliphatic heterocycles. The average Bonchev–Trinajstić information content (AvgIpc) is 2.68. The minimum atomic E-state index is -0.125. The van der Waals surface area contributed by atoms with Crippen molar-refractivity contribution in [1.82, 2.24) is 10.2 Å². The number of benzene rings is 1. The summed E-state index contributed by atoms with van der Waals surface area (Å²) in [5.41, 5.74) is 0.902. The minimum Gasteiger partial charge on any atom is -0.493 e. The highest BCUT2D eigenvalue weighted by Crippen LogP contribution is 2.34. The predicted octanol–water partition coefficient (Wildman–Crippen LogP) is 2.27. The van der Waals surface area contributed by atoms with Gasteiger partial charge in [0.25, 0.3) is 5.91 Å². The van der Waals surface area contributed by atoms with Crippen LogP contribution in [0.5, 0.6) is 11.5 Å². The van der Waals surface area contributed by atoms with Gasteiger partial charge in [-0.3, -0.25) is 9.59 Å². The maximum atomic E-state index is 13.0. The Balaban J connectivity index is 2.27. The van der Waals surface area contributed by atoms with Gasteiger partial charge in [0, 0.05) is 25.6 Å². The van der Waals surface area contributed by atoms with Crippen molar-refractivity contribution in [2.45, 2.75) is 32.1 Å². The Labute approximate surface area is 155 Å². The number of ether oxygens (including phenoxy) is 2. The molecule has 1 fully saturated rings. The van der Waals surface area contributed by atoms with Crippen LogP contribution in [0, 0.1) is 0 Å². The third-order valence-corrected chi connectivity index (χ3v) is 4.50. The van der Waals surface area contributed by atoms with Crippen LogP contribution in [0.3, 0.4) is 0 Å². The second-order valence-electron chi connectivity index (χ2n) is 6.36. The van der Waals surface area contributed by atoms with Gasteiger partial charge in [-0.2, -0.15) is 0 Å². The zero-order valence-electron chi connectivity index (χ0n) is 15.9. The van der Waals surface area contributed by atoms with Crippen molar-refractivity contribution in [2.75, 3.05) is 46.2 Å². The lowest BCUT2D eigenvalue weighted by atomic mass is 10.1. The molecule has 0 saturated carbocycles. The average molecular weight is 363 g/mol. The highest BCUT2D eigenvalue weighted by atomic mass is 16.5. The first-order chi connectivity index (χ1) is 12.6. The van der Waals surface area contributed by atoms with E-state index in [-0.39, 0.29) is 11.8 Å². The van der Waals surface area contributed by atoms with Gasteiger partial charge in [-0.1, -0.05) is 0 Å². The van der Waals surface area contributed by atoms with E-state index in [9.17, 15) is 9.59 Å². The van der Waals surface area contributed by atoms with Crippen molar-refractivity contribution in [3.05, 3.63) is 17.7 Å². The fourth-order valence-electron chi connectivity index (χ4n) is 3.07. The number of carbonyl (C=O) groups is 2. The van der Waals surface area contributed by atoms with Gasteiger partial charge in [-0.25, -0.2) is 0 Å². The Kier molecular flexibility index (Phi) is 7.72. The Bertz CT molecular complexity index is 627. The van der Waals surface area contributed by atoms with E-state index in [4.69, 9.17) is 9.47 Å². The molecule has 2 amide bonds. The number of hydrogen-bond donors (Lipinski definition) is 2. The molecular weight excluding hydrogens is 334 g/mol. The van der Waals surface area contributed by atoms with E-state index in [1.807, 2.05) is 11.9 Å². The highest BCUT2D eigenvalue weighted by Gasteiger charge is 2.24. The van der Waals surface area contributed by atoms with Gasteiger partial charge in [0.1, 0.15) is 0 Å². The monoisotopic (exact) mass is 363 g/mol. The van der Waals surface area contributed by atoms with Crippen LogP contribution in [0.25, 0.3) is 0 Å². The molecule has 0 bridgehead atoms. The summed E-state index contributed by atoms with van der Waals surface area (Å²) in [7, 11) is 4.91. The van der Waals surface area contributed by atoms with Gasteiger partial charge in [-0.15, -0.1) is 0 Å². The van der Waals surface area contributed by atoms with Crippen molar-refractivity contribution in [1.29, 1.82) is 0 Å². The quantitative estimate of drug-likeness (QED) is 0.693. The molecule has 7 nitrogen and oxygen atoms in total. The van der Waals surface area contributed by atoms with Crippen LogP contribution in [0.4, 0.5) is 5.69 Å². The molecule has 1 saturated heterocycles. The van der Waals surface area contributed by atoms with Crippen LogP contribution in [0.1, 0.15) is 42.5 Å². The lowest BCUT2D eigenvalue weighted by molar-refractivity contribution is -0.116. The number of methoxy groups -OCH3 is 2. The van der Waals surface area contributed by atoms with Crippen LogP contribution in [0.15, 0.2) is 12.1 Å². The SMILES string of the molecule is CNCCCC(=O)Nc1cc(OC)c(OC)cc1C(=O)N1CCCCC1. The molecule has 0 spiro atoms. The van der Waals surface area contributed by atoms with Crippen molar-refractivity contribution in [3.63, 3.8) is 0 Å². The van der Waals surface area contributed by atoms with Crippen molar-refractivity contribution >= 4 is 17.5 Å². The van der Waals surface area contributed by atoms with Crippen molar-refractivity contribution in [2.24, 2.45) is 0 Å². The summed E-state index contributed by atoms with van der Waals surface area (Å²) in [6.45, 7) is 2.24. The van der Waals surface area contributed by atoms with Crippen molar-refractivity contribution < 1.29 is 19.1 Å². The van der Waals surface area contributed by atoms with E-state index in [1.165, 1.54) is 14.2 Å². The Hall–Kier alpha value is -2.28. The maximum absolute atomic E-state index is 13.0. The smallest absolute Gasteiger partial charge is 0.256 e. The lowest BCUT2D eigenvalue weighted by Gasteiger charge is -2.28. The standard InChI is InChI=1S/C19H29N3O4/c1-20-9-7-8-18(23)21-15-13-17(26-3)16(25-2)12-14(15)19(24)22-10-5-4-6-11-22/h12-13,20H,4-11H2,1-3H3,(H,21,23). The van der Waals surface area contributed by atoms with E-state index in [0.717, 1.165) is 45.3 Å². The molecule has 0 aromatic heterocycles. The molecule has 0 aliphatic carbocycles. The molecule has 0 radical (unpaired) electrons. The topological polar surface area (TPSA) is 79.9 Å². The van der Waals surface area contributed by atoms with Crippen LogP contribution >= 0.6 is 0 Å². The summed E-state index contributed by atoms with van der Waals surface area (Å²) in [5, 5.41) is 5.88. The zero-order valence-corrected chi connectivity index (χ0v) is 15.9. The van der Waals surface area contributed by atoms with Gasteiger partial charge in [0.2, 0.25) is 5.91 Å². The second-order valence-corrected chi connectivity index (χ2v) is 6.36. The molecule has 26 heavy (non-hydrogen) atoms. The van der Waals surface area contributed by atoms with E-state index in [2.05, 4.69) is 10.6 Å². The second kappa shape index (κ2) is 10.0. The van der Waals surface area contributed by atoms with E-state index in [1.54, 1.807) is 12.1 Å². The summed E-state index contributed by atoms with van der Waals surface area (Å²) in [5.74, 6) is 0.741. The van der Waals surface area contributed by atoms with Gasteiger partial charge >= 0.3 is 0 Å². The maximum Gasteiger partial charge on any atom is 0.256 e. The Morgan fingerprint density at radius 1 is 1.08 bits per heavy atom. The summed E-state index contributed by atoms with van der Waals surface area (Å²) >= 11 is 0. The Morgan fingerprint density at radius 2 is 1.73 bits per heavy atom. The van der Waals surface area contributed by atoms with E-state index >= 15 is 0 Å². The number of carbonyl (C=O) groups excluding carboxylic acids is 2. The molecule has 1 heterocycles. The molecule has 144 valence electrons. The molecular formula is C19H29N3O4. The number of amides is 2. The minimum absolute atomic E-state index is 0.0869. The Morgan fingerprint density at radius 3 is 2.35 bits per heavy atom. The normalized spacial score (nSPS) is 14.0. The summed E-state index contributed by atoms with van der Waals surface area (Å²) in [6, 6.07) is 3.31. The number of nitrogens with zero attached hydrogens (tertiary/aromatic N) is 1. The largest absolute Gasteiger partial charge is 0.493 e. The van der Waals surface area contributed by atoms with E-state index in [0.29, 0.717) is 29.2 Å². The molecule has 0 unspecified atom stereocenters. The van der Waals surface area contributed by atoms with Gasteiger partial charge < -0.3 is 25.0 Å². The first-order valence-corrected chi connectivity index (χ1v) is 9.10. The fraction of sp³-hybridized carbons (Fsp3) is 0.579. The third-order valence-electron chi connectivity index (χ3n) is 4.50. The molecule has 2 rings (SSSR count). The molecule has 1 aromatic rings. The molecule has 1 aromatic carbocycles. The van der Waals surface area contributed by atoms with Gasteiger partial charge in [0.05, 0.1) is 25.5 Å². The number of anilines is 1.